The van der Waals surface area contributed by atoms with Gasteiger partial charge in [0.05, 0.1) is 17.5 Å². The number of carbonyl (C=O) groups is 1. The molecule has 28 heavy (non-hydrogen) atoms. The van der Waals surface area contributed by atoms with Gasteiger partial charge in [0, 0.05) is 28.2 Å². The fourth-order valence-corrected chi connectivity index (χ4v) is 5.90. The van der Waals surface area contributed by atoms with Gasteiger partial charge in [0.1, 0.15) is 0 Å². The highest BCUT2D eigenvalue weighted by Gasteiger charge is 2.31. The van der Waals surface area contributed by atoms with Gasteiger partial charge >= 0.3 is 0 Å². The number of fused-ring (bicyclic) bond motifs is 1. The molecule has 0 spiro atoms. The molecule has 1 unspecified atom stereocenters. The molecule has 0 saturated carbocycles. The molecule has 3 heterocycles. The van der Waals surface area contributed by atoms with E-state index in [1.54, 1.807) is 34.8 Å². The lowest BCUT2D eigenvalue weighted by atomic mass is 9.98. The van der Waals surface area contributed by atoms with Crippen molar-refractivity contribution in [2.24, 2.45) is 0 Å². The van der Waals surface area contributed by atoms with Gasteiger partial charge in [-0.1, -0.05) is 6.07 Å². The Bertz CT molecular complexity index is 1070. The molecule has 1 amide bonds. The van der Waals surface area contributed by atoms with E-state index in [4.69, 9.17) is 0 Å². The predicted octanol–water partition coefficient (Wildman–Crippen LogP) is 3.80. The van der Waals surface area contributed by atoms with Crippen molar-refractivity contribution in [2.45, 2.75) is 17.4 Å². The zero-order valence-electron chi connectivity index (χ0n) is 15.3. The van der Waals surface area contributed by atoms with E-state index in [0.29, 0.717) is 5.69 Å². The van der Waals surface area contributed by atoms with Crippen LogP contribution in [-0.4, -0.2) is 38.6 Å². The monoisotopic (exact) mass is 432 g/mol. The van der Waals surface area contributed by atoms with Crippen LogP contribution < -0.4 is 5.32 Å². The van der Waals surface area contributed by atoms with Crippen LogP contribution in [0.3, 0.4) is 0 Å². The summed E-state index contributed by atoms with van der Waals surface area (Å²) in [5.74, 6) is -0.104. The van der Waals surface area contributed by atoms with E-state index in [2.05, 4.69) is 33.1 Å². The minimum absolute atomic E-state index is 0.104. The summed E-state index contributed by atoms with van der Waals surface area (Å²) in [4.78, 5) is 17.7. The summed E-state index contributed by atoms with van der Waals surface area (Å²) in [6.45, 7) is 1.11. The second-order valence-corrected chi connectivity index (χ2v) is 10.8. The number of hydrogen-bond donors (Lipinski definition) is 1. The van der Waals surface area contributed by atoms with Gasteiger partial charge in [0.2, 0.25) is 5.91 Å². The Morgan fingerprint density at radius 1 is 1.14 bits per heavy atom. The molecule has 5 nitrogen and oxygen atoms in total. The summed E-state index contributed by atoms with van der Waals surface area (Å²) < 4.78 is 23.1. The lowest BCUT2D eigenvalue weighted by Crippen LogP contribution is -2.40. The molecule has 1 N–H and O–H groups in total. The lowest BCUT2D eigenvalue weighted by Gasteiger charge is -2.34. The summed E-state index contributed by atoms with van der Waals surface area (Å²) in [6.07, 6.45) is 2.12. The quantitative estimate of drug-likeness (QED) is 0.666. The molecule has 1 aliphatic rings. The molecule has 3 aromatic rings. The van der Waals surface area contributed by atoms with Gasteiger partial charge in [0.25, 0.3) is 0 Å². The van der Waals surface area contributed by atoms with Crippen molar-refractivity contribution in [3.05, 3.63) is 68.5 Å². The fourth-order valence-electron chi connectivity index (χ4n) is 3.49. The molecule has 1 aliphatic heterocycles. The maximum Gasteiger partial charge on any atom is 0.238 e. The van der Waals surface area contributed by atoms with E-state index in [1.165, 1.54) is 33.7 Å². The average Bonchev–Trinajstić information content (AvgIpc) is 3.33. The van der Waals surface area contributed by atoms with Crippen LogP contribution in [0.2, 0.25) is 0 Å². The van der Waals surface area contributed by atoms with E-state index in [1.807, 2.05) is 6.07 Å². The Morgan fingerprint density at radius 2 is 1.93 bits per heavy atom. The second kappa shape index (κ2) is 7.79. The van der Waals surface area contributed by atoms with Crippen molar-refractivity contribution in [1.82, 2.24) is 4.90 Å². The van der Waals surface area contributed by atoms with Crippen LogP contribution in [0.5, 0.6) is 0 Å². The molecule has 0 fully saturated rings. The van der Waals surface area contributed by atoms with Gasteiger partial charge in [-0.2, -0.15) is 0 Å². The maximum absolute atomic E-state index is 12.7. The summed E-state index contributed by atoms with van der Waals surface area (Å²) in [5.41, 5.74) is 1.89. The van der Waals surface area contributed by atoms with Crippen molar-refractivity contribution in [2.75, 3.05) is 24.7 Å². The highest BCUT2D eigenvalue weighted by Crippen LogP contribution is 2.39. The van der Waals surface area contributed by atoms with Crippen molar-refractivity contribution in [3.63, 3.8) is 0 Å². The van der Waals surface area contributed by atoms with E-state index in [0.717, 1.165) is 13.0 Å². The van der Waals surface area contributed by atoms with Crippen LogP contribution in [0, 0.1) is 0 Å². The van der Waals surface area contributed by atoms with Gasteiger partial charge in [-0.3, -0.25) is 9.69 Å². The first-order chi connectivity index (χ1) is 13.4. The fraction of sp³-hybridized carbons (Fsp3) is 0.250. The third-order valence-electron chi connectivity index (χ3n) is 4.79. The minimum Gasteiger partial charge on any atom is -0.325 e. The topological polar surface area (TPSA) is 66.5 Å². The SMILES string of the molecule is CS(=O)(=O)c1ccc(NC(=O)CN2CCc3sccc3C2c2cccs2)cc1. The maximum atomic E-state index is 12.7. The molecule has 0 bridgehead atoms. The Balaban J connectivity index is 1.49. The Morgan fingerprint density at radius 3 is 2.61 bits per heavy atom. The standard InChI is InChI=1S/C20H20N2O3S3/c1-28(24,25)15-6-4-14(5-7-15)21-19(23)13-22-10-8-17-16(9-12-27-17)20(22)18-3-2-11-26-18/h2-7,9,11-12,20H,8,10,13H2,1H3,(H,21,23). The number of nitrogens with zero attached hydrogens (tertiary/aromatic N) is 1. The third-order valence-corrected chi connectivity index (χ3v) is 7.84. The van der Waals surface area contributed by atoms with Gasteiger partial charge in [-0.25, -0.2) is 8.42 Å². The molecule has 1 aromatic carbocycles. The molecule has 1 atom stereocenters. The molecule has 0 saturated heterocycles. The molecule has 2 aromatic heterocycles. The number of anilines is 1. The first kappa shape index (κ1) is 19.3. The first-order valence-electron chi connectivity index (χ1n) is 8.85. The third kappa shape index (κ3) is 4.05. The molecule has 146 valence electrons. The Labute approximate surface area is 172 Å². The molecular weight excluding hydrogens is 412 g/mol. The first-order valence-corrected chi connectivity index (χ1v) is 12.5. The number of thiophene rings is 2. The van der Waals surface area contributed by atoms with E-state index < -0.39 is 9.84 Å². The number of hydrogen-bond acceptors (Lipinski definition) is 6. The minimum atomic E-state index is -3.24. The average molecular weight is 433 g/mol. The van der Waals surface area contributed by atoms with Crippen molar-refractivity contribution in [1.29, 1.82) is 0 Å². The molecule has 0 aliphatic carbocycles. The van der Waals surface area contributed by atoms with Crippen LogP contribution in [0.4, 0.5) is 5.69 Å². The molecule has 0 radical (unpaired) electrons. The van der Waals surface area contributed by atoms with E-state index in [9.17, 15) is 13.2 Å². The molecule has 4 rings (SSSR count). The predicted molar refractivity (Wildman–Crippen MR) is 114 cm³/mol. The molecular formula is C20H20N2O3S3. The summed E-state index contributed by atoms with van der Waals surface area (Å²) in [5, 5.41) is 7.07. The normalized spacial score (nSPS) is 17.2. The van der Waals surface area contributed by atoms with Crippen LogP contribution in [0.25, 0.3) is 0 Å². The highest BCUT2D eigenvalue weighted by molar-refractivity contribution is 7.90. The summed E-state index contributed by atoms with van der Waals surface area (Å²) in [6, 6.07) is 12.7. The lowest BCUT2D eigenvalue weighted by molar-refractivity contribution is -0.117. The Kier molecular flexibility index (Phi) is 5.37. The van der Waals surface area contributed by atoms with Crippen LogP contribution in [-0.2, 0) is 21.1 Å². The second-order valence-electron chi connectivity index (χ2n) is 6.78. The summed E-state index contributed by atoms with van der Waals surface area (Å²) >= 11 is 3.49. The number of nitrogens with one attached hydrogen (secondary N) is 1. The van der Waals surface area contributed by atoms with Crippen molar-refractivity contribution < 1.29 is 13.2 Å². The smallest absolute Gasteiger partial charge is 0.238 e. The van der Waals surface area contributed by atoms with Gasteiger partial charge < -0.3 is 5.32 Å². The summed E-state index contributed by atoms with van der Waals surface area (Å²) in [7, 11) is -3.24. The van der Waals surface area contributed by atoms with Gasteiger partial charge in [-0.05, 0) is 59.1 Å². The van der Waals surface area contributed by atoms with Crippen LogP contribution in [0.15, 0.2) is 58.1 Å². The van der Waals surface area contributed by atoms with Crippen LogP contribution >= 0.6 is 22.7 Å². The van der Waals surface area contributed by atoms with E-state index in [-0.39, 0.29) is 23.4 Å². The Hall–Kier alpha value is -2.00. The number of amides is 1. The van der Waals surface area contributed by atoms with Gasteiger partial charge in [-0.15, -0.1) is 22.7 Å². The number of benzene rings is 1. The van der Waals surface area contributed by atoms with Crippen molar-refractivity contribution >= 4 is 44.1 Å². The number of carbonyl (C=O) groups excluding carboxylic acids is 1. The number of rotatable bonds is 5. The van der Waals surface area contributed by atoms with Crippen LogP contribution in [0.1, 0.15) is 21.4 Å². The zero-order chi connectivity index (χ0) is 19.7. The zero-order valence-corrected chi connectivity index (χ0v) is 17.7. The van der Waals surface area contributed by atoms with E-state index >= 15 is 0 Å². The molecule has 8 heteroatoms. The highest BCUT2D eigenvalue weighted by atomic mass is 32.2. The van der Waals surface area contributed by atoms with Gasteiger partial charge in [0.15, 0.2) is 9.84 Å². The number of sulfone groups is 1. The van der Waals surface area contributed by atoms with Crippen molar-refractivity contribution in [3.8, 4) is 0 Å². The largest absolute Gasteiger partial charge is 0.325 e.